The first-order valence-corrected chi connectivity index (χ1v) is 13.1. The highest BCUT2D eigenvalue weighted by molar-refractivity contribution is 8.00. The van der Waals surface area contributed by atoms with Crippen molar-refractivity contribution in [2.75, 3.05) is 4.90 Å². The second-order valence-corrected chi connectivity index (χ2v) is 10.7. The molecule has 0 bridgehead atoms. The molecule has 1 aliphatic rings. The second-order valence-electron chi connectivity index (χ2n) is 8.11. The van der Waals surface area contributed by atoms with Crippen LogP contribution < -0.4 is 10.3 Å². The SMILES string of the molecule is O=C1c2oc3ccc(Cl)cc3c(=O)c2C(c2ccc(O)cc2)N1c1nnc(SCc2ccccc2)s1. The molecule has 1 aliphatic heterocycles. The largest absolute Gasteiger partial charge is 0.508 e. The van der Waals surface area contributed by atoms with Gasteiger partial charge in [0.05, 0.1) is 17.0 Å². The maximum atomic E-state index is 13.6. The fraction of sp³-hybridized carbons (Fsp3) is 0.0769. The molecule has 6 rings (SSSR count). The Hall–Kier alpha value is -3.66. The van der Waals surface area contributed by atoms with E-state index >= 15 is 0 Å². The van der Waals surface area contributed by atoms with Gasteiger partial charge in [0.25, 0.3) is 5.91 Å². The molecule has 0 spiro atoms. The zero-order valence-electron chi connectivity index (χ0n) is 18.4. The Morgan fingerprint density at radius 1 is 1.03 bits per heavy atom. The molecule has 10 heteroatoms. The average molecular weight is 534 g/mol. The summed E-state index contributed by atoms with van der Waals surface area (Å²) in [5, 5.41) is 19.4. The standard InChI is InChI=1S/C26H16ClN3O4S2/c27-16-8-11-19-18(12-16)22(32)20-21(15-6-9-17(31)10-7-15)30(24(33)23(20)34-19)25-28-29-26(36-25)35-13-14-4-2-1-3-5-14/h1-12,21,31H,13H2. The number of carbonyl (C=O) groups is 1. The molecule has 1 unspecified atom stereocenters. The molecule has 1 atom stereocenters. The maximum absolute atomic E-state index is 13.6. The summed E-state index contributed by atoms with van der Waals surface area (Å²) in [4.78, 5) is 28.7. The van der Waals surface area contributed by atoms with Gasteiger partial charge in [0.1, 0.15) is 11.3 Å². The molecule has 0 saturated carbocycles. The minimum Gasteiger partial charge on any atom is -0.508 e. The van der Waals surface area contributed by atoms with Crippen molar-refractivity contribution in [2.45, 2.75) is 16.1 Å². The quantitative estimate of drug-likeness (QED) is 0.217. The number of halogens is 1. The molecule has 7 nitrogen and oxygen atoms in total. The lowest BCUT2D eigenvalue weighted by atomic mass is 9.98. The number of hydrogen-bond acceptors (Lipinski definition) is 8. The van der Waals surface area contributed by atoms with Crippen LogP contribution in [0.15, 0.2) is 86.3 Å². The van der Waals surface area contributed by atoms with Crippen LogP contribution in [-0.4, -0.2) is 21.2 Å². The van der Waals surface area contributed by atoms with Crippen LogP contribution in [0.1, 0.15) is 33.3 Å². The lowest BCUT2D eigenvalue weighted by Crippen LogP contribution is -2.29. The molecule has 5 aromatic rings. The van der Waals surface area contributed by atoms with Crippen molar-refractivity contribution in [3.8, 4) is 5.75 Å². The van der Waals surface area contributed by atoms with Crippen molar-refractivity contribution in [1.82, 2.24) is 10.2 Å². The Balaban J connectivity index is 1.45. The number of aromatic nitrogens is 2. The van der Waals surface area contributed by atoms with E-state index in [1.165, 1.54) is 46.2 Å². The Labute approximate surface area is 218 Å². The number of anilines is 1. The van der Waals surface area contributed by atoms with Gasteiger partial charge in [-0.25, -0.2) is 0 Å². The summed E-state index contributed by atoms with van der Waals surface area (Å²) >= 11 is 8.93. The smallest absolute Gasteiger partial charge is 0.297 e. The van der Waals surface area contributed by atoms with E-state index in [0.29, 0.717) is 25.8 Å². The van der Waals surface area contributed by atoms with E-state index in [0.717, 1.165) is 5.56 Å². The van der Waals surface area contributed by atoms with Crippen molar-refractivity contribution < 1.29 is 14.3 Å². The molecule has 36 heavy (non-hydrogen) atoms. The lowest BCUT2D eigenvalue weighted by molar-refractivity contribution is 0.0970. The summed E-state index contributed by atoms with van der Waals surface area (Å²) in [5.41, 5.74) is 1.91. The summed E-state index contributed by atoms with van der Waals surface area (Å²) in [6.07, 6.45) is 0. The fourth-order valence-electron chi connectivity index (χ4n) is 4.19. The molecule has 3 heterocycles. The minimum absolute atomic E-state index is 0.0402. The third-order valence-corrected chi connectivity index (χ3v) is 8.21. The fourth-order valence-corrected chi connectivity index (χ4v) is 6.19. The number of phenols is 1. The van der Waals surface area contributed by atoms with Gasteiger partial charge in [0, 0.05) is 10.8 Å². The van der Waals surface area contributed by atoms with Gasteiger partial charge in [-0.05, 0) is 41.5 Å². The highest BCUT2D eigenvalue weighted by atomic mass is 35.5. The van der Waals surface area contributed by atoms with Crippen LogP contribution in [0, 0.1) is 0 Å². The topological polar surface area (TPSA) is 96.5 Å². The predicted molar refractivity (Wildman–Crippen MR) is 140 cm³/mol. The third kappa shape index (κ3) is 3.95. The predicted octanol–water partition coefficient (Wildman–Crippen LogP) is 6.05. The van der Waals surface area contributed by atoms with E-state index in [1.807, 2.05) is 30.3 Å². The minimum atomic E-state index is -0.798. The normalized spacial score (nSPS) is 15.0. The molecular formula is C26H16ClN3O4S2. The first-order valence-electron chi connectivity index (χ1n) is 10.9. The van der Waals surface area contributed by atoms with Gasteiger partial charge in [-0.1, -0.05) is 77.2 Å². The number of amides is 1. The Kier molecular flexibility index (Phi) is 5.75. The molecular weight excluding hydrogens is 518 g/mol. The molecule has 2 aromatic heterocycles. The van der Waals surface area contributed by atoms with Gasteiger partial charge >= 0.3 is 0 Å². The van der Waals surface area contributed by atoms with Crippen LogP contribution in [0.2, 0.25) is 5.02 Å². The molecule has 3 aromatic carbocycles. The van der Waals surface area contributed by atoms with Gasteiger partial charge in [-0.3, -0.25) is 14.5 Å². The number of nitrogens with zero attached hydrogens (tertiary/aromatic N) is 3. The molecule has 1 amide bonds. The van der Waals surface area contributed by atoms with E-state index in [-0.39, 0.29) is 33.5 Å². The molecule has 0 aliphatic carbocycles. The molecule has 1 N–H and O–H groups in total. The monoisotopic (exact) mass is 533 g/mol. The summed E-state index contributed by atoms with van der Waals surface area (Å²) in [5.74, 6) is 0.258. The van der Waals surface area contributed by atoms with E-state index in [4.69, 9.17) is 16.0 Å². The molecule has 178 valence electrons. The summed E-state index contributed by atoms with van der Waals surface area (Å²) in [7, 11) is 0. The average Bonchev–Trinajstić information content (AvgIpc) is 3.47. The Bertz CT molecular complexity index is 1670. The van der Waals surface area contributed by atoms with E-state index < -0.39 is 11.9 Å². The van der Waals surface area contributed by atoms with Crippen LogP contribution in [0.25, 0.3) is 11.0 Å². The number of phenolic OH excluding ortho intramolecular Hbond substituents is 1. The summed E-state index contributed by atoms with van der Waals surface area (Å²) < 4.78 is 6.64. The summed E-state index contributed by atoms with van der Waals surface area (Å²) in [6, 6.07) is 20.3. The van der Waals surface area contributed by atoms with E-state index in [1.54, 1.807) is 24.3 Å². The van der Waals surface area contributed by atoms with Crippen LogP contribution >= 0.6 is 34.7 Å². The van der Waals surface area contributed by atoms with Gasteiger partial charge in [0.2, 0.25) is 10.9 Å². The second kappa shape index (κ2) is 9.09. The highest BCUT2D eigenvalue weighted by Gasteiger charge is 2.45. The van der Waals surface area contributed by atoms with Crippen molar-refractivity contribution >= 4 is 56.7 Å². The Morgan fingerprint density at radius 2 is 1.81 bits per heavy atom. The van der Waals surface area contributed by atoms with Crippen molar-refractivity contribution in [3.63, 3.8) is 0 Å². The number of hydrogen-bond donors (Lipinski definition) is 1. The number of rotatable bonds is 5. The third-order valence-electron chi connectivity index (χ3n) is 5.85. The first kappa shape index (κ1) is 22.8. The number of aromatic hydroxyl groups is 1. The number of carbonyl (C=O) groups excluding carboxylic acids is 1. The zero-order valence-corrected chi connectivity index (χ0v) is 20.8. The van der Waals surface area contributed by atoms with Crippen LogP contribution in [0.3, 0.4) is 0 Å². The zero-order chi connectivity index (χ0) is 24.8. The van der Waals surface area contributed by atoms with Gasteiger partial charge < -0.3 is 9.52 Å². The summed E-state index contributed by atoms with van der Waals surface area (Å²) in [6.45, 7) is 0. The number of benzene rings is 3. The maximum Gasteiger partial charge on any atom is 0.297 e. The van der Waals surface area contributed by atoms with Crippen molar-refractivity contribution in [3.05, 3.63) is 110 Å². The molecule has 0 saturated heterocycles. The molecule has 0 fully saturated rings. The van der Waals surface area contributed by atoms with E-state index in [2.05, 4.69) is 10.2 Å². The van der Waals surface area contributed by atoms with Gasteiger partial charge in [0.15, 0.2) is 9.77 Å². The van der Waals surface area contributed by atoms with E-state index in [9.17, 15) is 14.7 Å². The highest BCUT2D eigenvalue weighted by Crippen LogP contribution is 2.43. The van der Waals surface area contributed by atoms with Crippen LogP contribution in [0.5, 0.6) is 5.75 Å². The lowest BCUT2D eigenvalue weighted by Gasteiger charge is -2.22. The first-order chi connectivity index (χ1) is 17.5. The van der Waals surface area contributed by atoms with Crippen LogP contribution in [0.4, 0.5) is 5.13 Å². The van der Waals surface area contributed by atoms with Crippen molar-refractivity contribution in [2.24, 2.45) is 0 Å². The Morgan fingerprint density at radius 3 is 2.58 bits per heavy atom. The van der Waals surface area contributed by atoms with Gasteiger partial charge in [-0.15, -0.1) is 10.2 Å². The van der Waals surface area contributed by atoms with Gasteiger partial charge in [-0.2, -0.15) is 0 Å². The molecule has 0 radical (unpaired) electrons. The van der Waals surface area contributed by atoms with Crippen molar-refractivity contribution in [1.29, 1.82) is 0 Å². The number of thioether (sulfide) groups is 1. The number of fused-ring (bicyclic) bond motifs is 2. The van der Waals surface area contributed by atoms with Crippen LogP contribution in [-0.2, 0) is 5.75 Å².